The second-order valence-corrected chi connectivity index (χ2v) is 6.20. The normalized spacial score (nSPS) is 10.5. The van der Waals surface area contributed by atoms with Gasteiger partial charge in [-0.05, 0) is 55.6 Å². The lowest BCUT2D eigenvalue weighted by Crippen LogP contribution is -2.17. The van der Waals surface area contributed by atoms with Crippen LogP contribution in [0.2, 0.25) is 5.02 Å². The number of halogens is 1. The third-order valence-electron chi connectivity index (χ3n) is 3.90. The van der Waals surface area contributed by atoms with Crippen LogP contribution < -0.4 is 14.8 Å². The number of hydrogen-bond acceptors (Lipinski definition) is 3. The molecule has 2 rings (SSSR count). The van der Waals surface area contributed by atoms with Crippen LogP contribution in [0.25, 0.3) is 0 Å². The van der Waals surface area contributed by atoms with Crippen LogP contribution >= 0.6 is 11.6 Å². The summed E-state index contributed by atoms with van der Waals surface area (Å²) in [6.07, 6.45) is 3.60. The van der Waals surface area contributed by atoms with Gasteiger partial charge in [0.2, 0.25) is 0 Å². The van der Waals surface area contributed by atoms with E-state index in [0.717, 1.165) is 48.0 Å². The summed E-state index contributed by atoms with van der Waals surface area (Å²) in [7, 11) is 1.67. The Morgan fingerprint density at radius 3 is 2.56 bits per heavy atom. The topological polar surface area (TPSA) is 30.5 Å². The minimum atomic E-state index is 0.610. The van der Waals surface area contributed by atoms with Gasteiger partial charge in [0.05, 0.1) is 13.7 Å². The number of methoxy groups -OCH3 is 1. The second-order valence-electron chi connectivity index (χ2n) is 5.77. The molecule has 0 bridgehead atoms. The third-order valence-corrected chi connectivity index (χ3v) is 4.15. The summed E-state index contributed by atoms with van der Waals surface area (Å²) in [4.78, 5) is 0. The fourth-order valence-electron chi connectivity index (χ4n) is 2.71. The highest BCUT2D eigenvalue weighted by Crippen LogP contribution is 2.33. The summed E-state index contributed by atoms with van der Waals surface area (Å²) in [6.45, 7) is 8.10. The number of rotatable bonds is 10. The molecule has 1 N–H and O–H groups in total. The highest BCUT2D eigenvalue weighted by atomic mass is 35.5. The Morgan fingerprint density at radius 1 is 1.16 bits per heavy atom. The van der Waals surface area contributed by atoms with Gasteiger partial charge in [-0.2, -0.15) is 0 Å². The van der Waals surface area contributed by atoms with Gasteiger partial charge in [-0.1, -0.05) is 35.9 Å². The van der Waals surface area contributed by atoms with Gasteiger partial charge in [0.15, 0.2) is 11.5 Å². The Labute approximate surface area is 155 Å². The van der Waals surface area contributed by atoms with Crippen LogP contribution in [0.15, 0.2) is 49.1 Å². The molecule has 0 radical (unpaired) electrons. The van der Waals surface area contributed by atoms with E-state index in [1.807, 2.05) is 31.2 Å². The van der Waals surface area contributed by atoms with Crippen molar-refractivity contribution in [3.8, 4) is 11.5 Å². The smallest absolute Gasteiger partial charge is 0.164 e. The summed E-state index contributed by atoms with van der Waals surface area (Å²) < 4.78 is 11.3. The van der Waals surface area contributed by atoms with Crippen molar-refractivity contribution in [3.05, 3.63) is 70.8 Å². The van der Waals surface area contributed by atoms with Crippen LogP contribution in [0, 0.1) is 0 Å². The van der Waals surface area contributed by atoms with Crippen molar-refractivity contribution in [1.82, 2.24) is 5.32 Å². The van der Waals surface area contributed by atoms with Crippen molar-refractivity contribution >= 4 is 11.6 Å². The molecule has 2 aromatic rings. The lowest BCUT2D eigenvalue weighted by Gasteiger charge is -2.16. The Kier molecular flexibility index (Phi) is 7.83. The van der Waals surface area contributed by atoms with Crippen molar-refractivity contribution in [1.29, 1.82) is 0 Å². The predicted molar refractivity (Wildman–Crippen MR) is 105 cm³/mol. The van der Waals surface area contributed by atoms with E-state index >= 15 is 0 Å². The van der Waals surface area contributed by atoms with E-state index in [-0.39, 0.29) is 0 Å². The number of allylic oxidation sites excluding steroid dienone is 1. The maximum atomic E-state index is 5.91. The van der Waals surface area contributed by atoms with Gasteiger partial charge in [0.1, 0.15) is 0 Å². The summed E-state index contributed by atoms with van der Waals surface area (Å²) in [5.41, 5.74) is 3.55. The summed E-state index contributed by atoms with van der Waals surface area (Å²) in [5.74, 6) is 1.59. The summed E-state index contributed by atoms with van der Waals surface area (Å²) >= 11 is 5.91. The Bertz CT molecular complexity index is 683. The van der Waals surface area contributed by atoms with E-state index in [9.17, 15) is 0 Å². The highest BCUT2D eigenvalue weighted by Gasteiger charge is 2.12. The molecule has 0 saturated carbocycles. The standard InChI is InChI=1S/C21H26ClNO2/c1-4-6-18-13-17(14-20(24-3)21(18)25-5-2)15-23-12-11-16-7-9-19(22)10-8-16/h4,7-10,13-14,23H,1,5-6,11-12,15H2,2-3H3. The van der Waals surface area contributed by atoms with Gasteiger partial charge in [0, 0.05) is 17.1 Å². The molecule has 0 heterocycles. The van der Waals surface area contributed by atoms with Crippen LogP contribution in [0.4, 0.5) is 0 Å². The predicted octanol–water partition coefficient (Wildman–Crippen LogP) is 4.81. The van der Waals surface area contributed by atoms with Crippen LogP contribution in [0.1, 0.15) is 23.6 Å². The largest absolute Gasteiger partial charge is 0.493 e. The molecule has 4 heteroatoms. The lowest BCUT2D eigenvalue weighted by atomic mass is 10.1. The van der Waals surface area contributed by atoms with Crippen molar-refractivity contribution in [2.45, 2.75) is 26.3 Å². The number of benzene rings is 2. The van der Waals surface area contributed by atoms with E-state index in [4.69, 9.17) is 21.1 Å². The van der Waals surface area contributed by atoms with Crippen LogP contribution in [0.3, 0.4) is 0 Å². The van der Waals surface area contributed by atoms with Gasteiger partial charge in [-0.3, -0.25) is 0 Å². The third kappa shape index (κ3) is 5.80. The second kappa shape index (κ2) is 10.1. The molecule has 0 saturated heterocycles. The quantitative estimate of drug-likeness (QED) is 0.488. The molecule has 3 nitrogen and oxygen atoms in total. The number of hydrogen-bond donors (Lipinski definition) is 1. The zero-order valence-corrected chi connectivity index (χ0v) is 15.7. The fourth-order valence-corrected chi connectivity index (χ4v) is 2.83. The summed E-state index contributed by atoms with van der Waals surface area (Å²) in [6, 6.07) is 12.2. The van der Waals surface area contributed by atoms with Crippen molar-refractivity contribution in [2.75, 3.05) is 20.3 Å². The first-order valence-corrected chi connectivity index (χ1v) is 8.94. The Morgan fingerprint density at radius 2 is 1.92 bits per heavy atom. The van der Waals surface area contributed by atoms with Crippen LogP contribution in [-0.2, 0) is 19.4 Å². The molecule has 0 fully saturated rings. The molecule has 0 amide bonds. The molecule has 0 atom stereocenters. The fraction of sp³-hybridized carbons (Fsp3) is 0.333. The average Bonchev–Trinajstić information content (AvgIpc) is 2.62. The molecule has 0 spiro atoms. The first-order valence-electron chi connectivity index (χ1n) is 8.56. The molecule has 134 valence electrons. The molecule has 2 aromatic carbocycles. The van der Waals surface area contributed by atoms with E-state index in [2.05, 4.69) is 30.1 Å². The van der Waals surface area contributed by atoms with E-state index in [0.29, 0.717) is 6.61 Å². The maximum Gasteiger partial charge on any atom is 0.164 e. The molecule has 0 aromatic heterocycles. The monoisotopic (exact) mass is 359 g/mol. The highest BCUT2D eigenvalue weighted by molar-refractivity contribution is 6.30. The van der Waals surface area contributed by atoms with E-state index < -0.39 is 0 Å². The molecule has 0 unspecified atom stereocenters. The Hall–Kier alpha value is -1.97. The molecule has 0 aliphatic rings. The van der Waals surface area contributed by atoms with Gasteiger partial charge >= 0.3 is 0 Å². The lowest BCUT2D eigenvalue weighted by molar-refractivity contribution is 0.308. The first kappa shape index (κ1) is 19.4. The summed E-state index contributed by atoms with van der Waals surface area (Å²) in [5, 5.41) is 4.25. The molecule has 0 aliphatic heterocycles. The number of ether oxygens (including phenoxy) is 2. The zero-order chi connectivity index (χ0) is 18.1. The average molecular weight is 360 g/mol. The van der Waals surface area contributed by atoms with Gasteiger partial charge in [0.25, 0.3) is 0 Å². The molecule has 0 aliphatic carbocycles. The van der Waals surface area contributed by atoms with Crippen LogP contribution in [0.5, 0.6) is 11.5 Å². The van der Waals surface area contributed by atoms with Crippen molar-refractivity contribution in [3.63, 3.8) is 0 Å². The Balaban J connectivity index is 1.99. The van der Waals surface area contributed by atoms with Crippen molar-refractivity contribution in [2.24, 2.45) is 0 Å². The van der Waals surface area contributed by atoms with E-state index in [1.54, 1.807) is 7.11 Å². The molecular formula is C21H26ClNO2. The van der Waals surface area contributed by atoms with Gasteiger partial charge in [-0.25, -0.2) is 0 Å². The van der Waals surface area contributed by atoms with Crippen LogP contribution in [-0.4, -0.2) is 20.3 Å². The minimum absolute atomic E-state index is 0.610. The molecular weight excluding hydrogens is 334 g/mol. The first-order chi connectivity index (χ1) is 12.2. The van der Waals surface area contributed by atoms with Crippen molar-refractivity contribution < 1.29 is 9.47 Å². The van der Waals surface area contributed by atoms with Gasteiger partial charge < -0.3 is 14.8 Å². The maximum absolute atomic E-state index is 5.91. The van der Waals surface area contributed by atoms with Gasteiger partial charge in [-0.15, -0.1) is 6.58 Å². The van der Waals surface area contributed by atoms with E-state index in [1.165, 1.54) is 11.1 Å². The SMILES string of the molecule is C=CCc1cc(CNCCc2ccc(Cl)cc2)cc(OC)c1OCC. The minimum Gasteiger partial charge on any atom is -0.493 e. The zero-order valence-electron chi connectivity index (χ0n) is 15.0. The molecule has 25 heavy (non-hydrogen) atoms. The number of nitrogens with one attached hydrogen (secondary N) is 1.